The van der Waals surface area contributed by atoms with Gasteiger partial charge in [-0.1, -0.05) is 60.7 Å². The van der Waals surface area contributed by atoms with Crippen LogP contribution in [0.1, 0.15) is 11.1 Å². The summed E-state index contributed by atoms with van der Waals surface area (Å²) in [6, 6.07) is 17.9. The number of carboxylic acids is 2. The molecule has 0 spiro atoms. The molecule has 0 unspecified atom stereocenters. The van der Waals surface area contributed by atoms with Crippen molar-refractivity contribution in [3.05, 3.63) is 71.8 Å². The van der Waals surface area contributed by atoms with E-state index < -0.39 is 11.9 Å². The molecule has 21 heavy (non-hydrogen) atoms. The van der Waals surface area contributed by atoms with E-state index in [0.29, 0.717) is 0 Å². The normalized spacial score (nSPS) is 8.76. The number of rotatable bonds is 4. The molecule has 0 saturated heterocycles. The summed E-state index contributed by atoms with van der Waals surface area (Å²) in [6.07, 6.45) is 0.00167. The molecule has 0 N–H and O–H groups in total. The molecule has 0 bridgehead atoms. The predicted octanol–water partition coefficient (Wildman–Crippen LogP) is -0.0445. The minimum absolute atomic E-state index is 0. The van der Waals surface area contributed by atoms with E-state index in [1.807, 2.05) is 12.1 Å². The quantitative estimate of drug-likeness (QED) is 0.734. The third kappa shape index (κ3) is 9.52. The Morgan fingerprint density at radius 3 is 1.19 bits per heavy atom. The summed E-state index contributed by atoms with van der Waals surface area (Å²) in [5, 5.41) is 20.1. The monoisotopic (exact) mass is 334 g/mol. The number of benzene rings is 2. The van der Waals surface area contributed by atoms with Gasteiger partial charge in [0.15, 0.2) is 0 Å². The summed E-state index contributed by atoms with van der Waals surface area (Å²) in [6.45, 7) is 0. The van der Waals surface area contributed by atoms with Crippen LogP contribution >= 0.6 is 0 Å². The van der Waals surface area contributed by atoms with E-state index in [-0.39, 0.29) is 32.3 Å². The number of carbonyl (C=O) groups is 2. The molecule has 0 heterocycles. The molecule has 4 nitrogen and oxygen atoms in total. The van der Waals surface area contributed by atoms with Crippen LogP contribution in [-0.4, -0.2) is 11.9 Å². The van der Waals surface area contributed by atoms with Crippen LogP contribution in [0, 0.1) is 0 Å². The third-order valence-corrected chi connectivity index (χ3v) is 2.38. The van der Waals surface area contributed by atoms with Crippen molar-refractivity contribution in [3.63, 3.8) is 0 Å². The van der Waals surface area contributed by atoms with Crippen molar-refractivity contribution in [2.24, 2.45) is 0 Å². The molecular weight excluding hydrogens is 322 g/mol. The molecule has 0 fully saturated rings. The Kier molecular flexibility index (Phi) is 9.73. The van der Waals surface area contributed by atoms with Crippen molar-refractivity contribution in [1.82, 2.24) is 0 Å². The van der Waals surface area contributed by atoms with Gasteiger partial charge < -0.3 is 19.8 Å². The van der Waals surface area contributed by atoms with Gasteiger partial charge in [0.1, 0.15) is 0 Å². The largest absolute Gasteiger partial charge is 2.00 e. The van der Waals surface area contributed by atoms with Gasteiger partial charge in [-0.25, -0.2) is 0 Å². The zero-order valence-corrected chi connectivity index (χ0v) is 14.5. The molecule has 0 radical (unpaired) electrons. The van der Waals surface area contributed by atoms with Gasteiger partial charge in [-0.05, 0) is 11.1 Å². The van der Waals surface area contributed by atoms with Gasteiger partial charge in [-0.15, -0.1) is 0 Å². The molecule has 0 aromatic heterocycles. The van der Waals surface area contributed by atoms with Crippen molar-refractivity contribution in [3.8, 4) is 0 Å². The van der Waals surface area contributed by atoms with Crippen LogP contribution in [-0.2, 0) is 41.9 Å². The second kappa shape index (κ2) is 10.8. The van der Waals surface area contributed by atoms with Crippen LogP contribution in [0.15, 0.2) is 60.7 Å². The first kappa shape index (κ1) is 19.0. The number of hydrogen-bond donors (Lipinski definition) is 0. The molecule has 0 amide bonds. The molecule has 0 saturated carbocycles. The molecule has 2 aromatic rings. The predicted molar refractivity (Wildman–Crippen MR) is 70.3 cm³/mol. The fraction of sp³-hybridized carbons (Fsp3) is 0.125. The van der Waals surface area contributed by atoms with E-state index in [2.05, 4.69) is 0 Å². The van der Waals surface area contributed by atoms with Crippen molar-refractivity contribution in [2.75, 3.05) is 0 Å². The van der Waals surface area contributed by atoms with Gasteiger partial charge in [0.05, 0.1) is 0 Å². The fourth-order valence-corrected chi connectivity index (χ4v) is 1.53. The van der Waals surface area contributed by atoms with Gasteiger partial charge in [0.25, 0.3) is 0 Å². The summed E-state index contributed by atoms with van der Waals surface area (Å²) in [5.41, 5.74) is 1.56. The van der Waals surface area contributed by atoms with E-state index in [1.165, 1.54) is 0 Å². The van der Waals surface area contributed by atoms with Crippen LogP contribution in [0.3, 0.4) is 0 Å². The number of hydrogen-bond acceptors (Lipinski definition) is 4. The zero-order valence-electron chi connectivity index (χ0n) is 11.5. The second-order valence-electron chi connectivity index (χ2n) is 4.07. The van der Waals surface area contributed by atoms with Gasteiger partial charge in [0, 0.05) is 24.8 Å². The maximum absolute atomic E-state index is 10.1. The molecule has 0 aliphatic carbocycles. The van der Waals surface area contributed by atoms with Crippen LogP contribution in [0.25, 0.3) is 0 Å². The molecule has 104 valence electrons. The average Bonchev–Trinajstić information content (AvgIpc) is 2.40. The Labute approximate surface area is 136 Å². The van der Waals surface area contributed by atoms with E-state index in [0.717, 1.165) is 11.1 Å². The van der Waals surface area contributed by atoms with Crippen LogP contribution in [0.4, 0.5) is 0 Å². The molecular formula is C16H14O4Zn. The maximum Gasteiger partial charge on any atom is 2.00 e. The number of carbonyl (C=O) groups excluding carboxylic acids is 2. The Hall–Kier alpha value is -2.00. The minimum atomic E-state index is -1.04. The summed E-state index contributed by atoms with van der Waals surface area (Å²) >= 11 is 0. The topological polar surface area (TPSA) is 80.3 Å². The number of carboxylic acid groups (broad SMARTS) is 2. The first-order valence-electron chi connectivity index (χ1n) is 6.05. The third-order valence-electron chi connectivity index (χ3n) is 2.38. The molecule has 0 atom stereocenters. The average molecular weight is 336 g/mol. The van der Waals surface area contributed by atoms with Crippen molar-refractivity contribution >= 4 is 11.9 Å². The van der Waals surface area contributed by atoms with Crippen molar-refractivity contribution in [1.29, 1.82) is 0 Å². The van der Waals surface area contributed by atoms with Crippen molar-refractivity contribution < 1.29 is 39.3 Å². The summed E-state index contributed by atoms with van der Waals surface area (Å²) in [5.74, 6) is -2.07. The maximum atomic E-state index is 10.1. The van der Waals surface area contributed by atoms with Crippen LogP contribution in [0.5, 0.6) is 0 Å². The fourth-order valence-electron chi connectivity index (χ4n) is 1.53. The van der Waals surface area contributed by atoms with Gasteiger partial charge in [0.2, 0.25) is 0 Å². The Morgan fingerprint density at radius 1 is 0.667 bits per heavy atom. The summed E-state index contributed by atoms with van der Waals surface area (Å²) in [7, 11) is 0. The molecule has 0 aliphatic heterocycles. The SMILES string of the molecule is O=C([O-])Cc1ccccc1.O=C([O-])Cc1ccccc1.[Zn+2]. The Bertz CT molecular complexity index is 489. The van der Waals surface area contributed by atoms with Gasteiger partial charge >= 0.3 is 19.5 Å². The first-order valence-corrected chi connectivity index (χ1v) is 6.05. The molecule has 2 aromatic carbocycles. The standard InChI is InChI=1S/2C8H8O2.Zn/c2*9-8(10)6-7-4-2-1-3-5-7;/h2*1-5H,6H2,(H,9,10);/q;;+2/p-2. The van der Waals surface area contributed by atoms with Crippen LogP contribution in [0.2, 0.25) is 0 Å². The minimum Gasteiger partial charge on any atom is -0.550 e. The second-order valence-corrected chi connectivity index (χ2v) is 4.07. The van der Waals surface area contributed by atoms with Gasteiger partial charge in [-0.3, -0.25) is 0 Å². The zero-order chi connectivity index (χ0) is 14.8. The first-order chi connectivity index (χ1) is 9.58. The van der Waals surface area contributed by atoms with Crippen molar-refractivity contribution in [2.45, 2.75) is 12.8 Å². The molecule has 5 heteroatoms. The summed E-state index contributed by atoms with van der Waals surface area (Å²) in [4.78, 5) is 20.1. The number of aliphatic carboxylic acids is 2. The summed E-state index contributed by atoms with van der Waals surface area (Å²) < 4.78 is 0. The Morgan fingerprint density at radius 2 is 0.952 bits per heavy atom. The molecule has 2 rings (SSSR count). The van der Waals surface area contributed by atoms with E-state index >= 15 is 0 Å². The molecule has 0 aliphatic rings. The van der Waals surface area contributed by atoms with Crippen LogP contribution < -0.4 is 10.2 Å². The Balaban J connectivity index is 0.000000364. The van der Waals surface area contributed by atoms with E-state index in [1.54, 1.807) is 48.5 Å². The van der Waals surface area contributed by atoms with E-state index in [4.69, 9.17) is 0 Å². The van der Waals surface area contributed by atoms with Gasteiger partial charge in [-0.2, -0.15) is 0 Å². The smallest absolute Gasteiger partial charge is 0.550 e. The van der Waals surface area contributed by atoms with E-state index in [9.17, 15) is 19.8 Å².